The number of nitrogens with one attached hydrogen (secondary N) is 1. The first-order chi connectivity index (χ1) is 12.9. The average Bonchev–Trinajstić information content (AvgIpc) is 2.68. The van der Waals surface area contributed by atoms with Gasteiger partial charge in [-0.25, -0.2) is 8.42 Å². The highest BCUT2D eigenvalue weighted by Gasteiger charge is 2.21. The number of thioether (sulfide) groups is 1. The minimum atomic E-state index is -3.52. The zero-order valence-electron chi connectivity index (χ0n) is 15.9. The highest BCUT2D eigenvalue weighted by Crippen LogP contribution is 2.26. The van der Waals surface area contributed by atoms with Crippen LogP contribution < -0.4 is 10.1 Å². The molecule has 0 spiro atoms. The molecular weight excluding hydrogens is 384 g/mol. The fraction of sp³-hybridized carbons (Fsp3) is 0.316. The summed E-state index contributed by atoms with van der Waals surface area (Å²) in [5.74, 6) is 0.166. The average molecular weight is 409 g/mol. The zero-order valence-corrected chi connectivity index (χ0v) is 17.5. The van der Waals surface area contributed by atoms with Gasteiger partial charge in [-0.2, -0.15) is 4.31 Å². The maximum Gasteiger partial charge on any atom is 0.259 e. The summed E-state index contributed by atoms with van der Waals surface area (Å²) in [6.45, 7) is 4.41. The van der Waals surface area contributed by atoms with E-state index in [0.29, 0.717) is 30.1 Å². The molecule has 0 saturated carbocycles. The van der Waals surface area contributed by atoms with Gasteiger partial charge in [0.15, 0.2) is 0 Å². The van der Waals surface area contributed by atoms with Gasteiger partial charge in [0, 0.05) is 23.7 Å². The molecule has 1 amide bonds. The van der Waals surface area contributed by atoms with Gasteiger partial charge in [0.1, 0.15) is 5.75 Å². The van der Waals surface area contributed by atoms with Gasteiger partial charge in [-0.3, -0.25) is 4.79 Å². The number of hydrogen-bond donors (Lipinski definition) is 1. The van der Waals surface area contributed by atoms with E-state index in [9.17, 15) is 13.2 Å². The van der Waals surface area contributed by atoms with Gasteiger partial charge in [0.25, 0.3) is 5.91 Å². The quantitative estimate of drug-likeness (QED) is 0.674. The number of nitrogens with zero attached hydrogens (tertiary/aromatic N) is 1. The molecule has 0 atom stereocenters. The fourth-order valence-corrected chi connectivity index (χ4v) is 4.49. The number of hydrogen-bond acceptors (Lipinski definition) is 5. The molecule has 2 aromatic carbocycles. The Morgan fingerprint density at radius 2 is 1.74 bits per heavy atom. The fourth-order valence-electron chi connectivity index (χ4n) is 2.61. The van der Waals surface area contributed by atoms with E-state index in [4.69, 9.17) is 4.74 Å². The number of benzene rings is 2. The minimum Gasteiger partial charge on any atom is -0.496 e. The van der Waals surface area contributed by atoms with E-state index in [1.54, 1.807) is 49.9 Å². The molecular formula is C19H24N2O4S2. The van der Waals surface area contributed by atoms with Crippen LogP contribution in [-0.4, -0.2) is 45.1 Å². The highest BCUT2D eigenvalue weighted by atomic mass is 32.2. The molecule has 0 aliphatic rings. The Hall–Kier alpha value is -2.03. The third kappa shape index (κ3) is 4.82. The van der Waals surface area contributed by atoms with Crippen LogP contribution in [0.3, 0.4) is 0 Å². The van der Waals surface area contributed by atoms with Crippen molar-refractivity contribution in [3.8, 4) is 5.75 Å². The van der Waals surface area contributed by atoms with Crippen LogP contribution in [0.1, 0.15) is 24.2 Å². The smallest absolute Gasteiger partial charge is 0.259 e. The van der Waals surface area contributed by atoms with E-state index >= 15 is 0 Å². The van der Waals surface area contributed by atoms with Crippen molar-refractivity contribution in [2.45, 2.75) is 23.6 Å². The number of carbonyl (C=O) groups excluding carboxylic acids is 1. The Morgan fingerprint density at radius 3 is 2.26 bits per heavy atom. The maximum atomic E-state index is 12.6. The molecule has 146 valence electrons. The molecule has 0 aliphatic carbocycles. The normalized spacial score (nSPS) is 11.4. The van der Waals surface area contributed by atoms with E-state index in [0.717, 1.165) is 4.90 Å². The molecule has 27 heavy (non-hydrogen) atoms. The summed E-state index contributed by atoms with van der Waals surface area (Å²) in [7, 11) is -2.00. The summed E-state index contributed by atoms with van der Waals surface area (Å²) in [6, 6.07) is 11.5. The van der Waals surface area contributed by atoms with Crippen molar-refractivity contribution in [2.75, 3.05) is 31.8 Å². The Morgan fingerprint density at radius 1 is 1.11 bits per heavy atom. The second-order valence-electron chi connectivity index (χ2n) is 5.63. The Labute approximate surface area is 165 Å². The van der Waals surface area contributed by atoms with Gasteiger partial charge in [0.2, 0.25) is 10.0 Å². The van der Waals surface area contributed by atoms with Crippen molar-refractivity contribution in [3.63, 3.8) is 0 Å². The third-order valence-corrected chi connectivity index (χ3v) is 6.90. The maximum absolute atomic E-state index is 12.6. The van der Waals surface area contributed by atoms with E-state index in [1.165, 1.54) is 23.5 Å². The molecule has 0 bridgehead atoms. The lowest BCUT2D eigenvalue weighted by Crippen LogP contribution is -2.30. The van der Waals surface area contributed by atoms with Crippen molar-refractivity contribution in [1.29, 1.82) is 0 Å². The standard InChI is InChI=1S/C19H24N2O4S2/c1-5-21(6-2)27(23,24)16-10-7-14(8-11-16)20-19(22)17-12-9-15(26-4)13-18(17)25-3/h7-13H,5-6H2,1-4H3,(H,20,22). The number of carbonyl (C=O) groups is 1. The molecule has 2 aromatic rings. The van der Waals surface area contributed by atoms with Crippen molar-refractivity contribution in [1.82, 2.24) is 4.31 Å². The molecule has 0 aromatic heterocycles. The number of methoxy groups -OCH3 is 1. The molecule has 0 unspecified atom stereocenters. The number of ether oxygens (including phenoxy) is 1. The molecule has 0 aliphatic heterocycles. The van der Waals surface area contributed by atoms with Crippen molar-refractivity contribution < 1.29 is 17.9 Å². The van der Waals surface area contributed by atoms with Crippen LogP contribution >= 0.6 is 11.8 Å². The summed E-state index contributed by atoms with van der Waals surface area (Å²) in [5.41, 5.74) is 0.921. The predicted molar refractivity (Wildman–Crippen MR) is 109 cm³/mol. The lowest BCUT2D eigenvalue weighted by molar-refractivity contribution is 0.102. The summed E-state index contributed by atoms with van der Waals surface area (Å²) < 4.78 is 31.7. The van der Waals surface area contributed by atoms with Crippen molar-refractivity contribution in [3.05, 3.63) is 48.0 Å². The number of amides is 1. The number of sulfonamides is 1. The summed E-state index contributed by atoms with van der Waals surface area (Å²) in [4.78, 5) is 13.7. The number of anilines is 1. The van der Waals surface area contributed by atoms with Crippen LogP contribution in [0.4, 0.5) is 5.69 Å². The Kier molecular flexibility index (Phi) is 7.29. The summed E-state index contributed by atoms with van der Waals surface area (Å²) >= 11 is 1.56. The predicted octanol–water partition coefficient (Wildman–Crippen LogP) is 3.70. The van der Waals surface area contributed by atoms with Crippen LogP contribution in [0.15, 0.2) is 52.3 Å². The Bertz CT molecular complexity index is 892. The van der Waals surface area contributed by atoms with E-state index in [1.807, 2.05) is 12.3 Å². The molecule has 0 fully saturated rings. The molecule has 0 radical (unpaired) electrons. The zero-order chi connectivity index (χ0) is 20.0. The van der Waals surface area contributed by atoms with E-state index in [2.05, 4.69) is 5.32 Å². The summed E-state index contributed by atoms with van der Waals surface area (Å²) in [5, 5.41) is 2.77. The SMILES string of the molecule is CCN(CC)S(=O)(=O)c1ccc(NC(=O)c2ccc(SC)cc2OC)cc1. The summed E-state index contributed by atoms with van der Waals surface area (Å²) in [6.07, 6.45) is 1.95. The highest BCUT2D eigenvalue weighted by molar-refractivity contribution is 7.98. The van der Waals surface area contributed by atoms with Crippen LogP contribution in [0, 0.1) is 0 Å². The van der Waals surface area contributed by atoms with Crippen LogP contribution in [-0.2, 0) is 10.0 Å². The monoisotopic (exact) mass is 408 g/mol. The molecule has 8 heteroatoms. The van der Waals surface area contributed by atoms with Gasteiger partial charge >= 0.3 is 0 Å². The second kappa shape index (κ2) is 9.25. The minimum absolute atomic E-state index is 0.200. The molecule has 0 heterocycles. The first-order valence-electron chi connectivity index (χ1n) is 8.50. The van der Waals surface area contributed by atoms with E-state index in [-0.39, 0.29) is 10.8 Å². The van der Waals surface area contributed by atoms with Gasteiger partial charge < -0.3 is 10.1 Å². The molecule has 1 N–H and O–H groups in total. The van der Waals surface area contributed by atoms with Gasteiger partial charge in [-0.1, -0.05) is 13.8 Å². The topological polar surface area (TPSA) is 75.7 Å². The second-order valence-corrected chi connectivity index (χ2v) is 8.45. The number of rotatable bonds is 8. The van der Waals surface area contributed by atoms with Crippen LogP contribution in [0.5, 0.6) is 5.75 Å². The molecule has 0 saturated heterocycles. The first kappa shape index (κ1) is 21.3. The van der Waals surface area contributed by atoms with Crippen LogP contribution in [0.2, 0.25) is 0 Å². The van der Waals surface area contributed by atoms with E-state index < -0.39 is 10.0 Å². The first-order valence-corrected chi connectivity index (χ1v) is 11.2. The largest absolute Gasteiger partial charge is 0.496 e. The van der Waals surface area contributed by atoms with Gasteiger partial charge in [-0.05, 0) is 48.7 Å². The lowest BCUT2D eigenvalue weighted by Gasteiger charge is -2.18. The van der Waals surface area contributed by atoms with Crippen LogP contribution in [0.25, 0.3) is 0 Å². The Balaban J connectivity index is 2.21. The molecule has 6 nitrogen and oxygen atoms in total. The van der Waals surface area contributed by atoms with Gasteiger partial charge in [-0.15, -0.1) is 11.8 Å². The van der Waals surface area contributed by atoms with Gasteiger partial charge in [0.05, 0.1) is 17.6 Å². The van der Waals surface area contributed by atoms with Crippen molar-refractivity contribution >= 4 is 33.4 Å². The molecule has 2 rings (SSSR count). The lowest BCUT2D eigenvalue weighted by atomic mass is 10.2. The van der Waals surface area contributed by atoms with Crippen molar-refractivity contribution in [2.24, 2.45) is 0 Å². The third-order valence-electron chi connectivity index (χ3n) is 4.11.